The minimum Gasteiger partial charge on any atom is -0.469 e. The highest BCUT2D eigenvalue weighted by atomic mass is 16.5. The normalized spacial score (nSPS) is 12.7. The van der Waals surface area contributed by atoms with Crippen molar-refractivity contribution >= 4 is 5.97 Å². The molecule has 1 unspecified atom stereocenters. The molecular weight excluding hydrogens is 230 g/mol. The first-order valence-corrected chi connectivity index (χ1v) is 6.38. The van der Waals surface area contributed by atoms with Crippen LogP contribution >= 0.6 is 0 Å². The van der Waals surface area contributed by atoms with Crippen LogP contribution in [0.15, 0.2) is 16.5 Å². The van der Waals surface area contributed by atoms with E-state index in [9.17, 15) is 4.79 Å². The van der Waals surface area contributed by atoms with E-state index in [1.165, 1.54) is 7.11 Å². The van der Waals surface area contributed by atoms with Gasteiger partial charge in [-0.05, 0) is 25.0 Å². The van der Waals surface area contributed by atoms with Crippen molar-refractivity contribution in [2.45, 2.75) is 27.2 Å². The van der Waals surface area contributed by atoms with E-state index in [-0.39, 0.29) is 17.8 Å². The van der Waals surface area contributed by atoms with Gasteiger partial charge in [-0.25, -0.2) is 0 Å². The second-order valence-corrected chi connectivity index (χ2v) is 4.84. The number of ether oxygens (including phenoxy) is 1. The molecule has 1 aromatic rings. The Hall–Kier alpha value is -1.29. The van der Waals surface area contributed by atoms with Crippen molar-refractivity contribution in [2.24, 2.45) is 11.8 Å². The monoisotopic (exact) mass is 253 g/mol. The zero-order valence-corrected chi connectivity index (χ0v) is 11.7. The molecular formula is C14H23NO3. The number of rotatable bonds is 7. The SMILES string of the molecule is COC(=O)C(CNCCc1ccc(C)o1)C(C)C. The maximum Gasteiger partial charge on any atom is 0.310 e. The molecule has 4 nitrogen and oxygen atoms in total. The average Bonchev–Trinajstić information content (AvgIpc) is 2.73. The van der Waals surface area contributed by atoms with Crippen LogP contribution in [0.3, 0.4) is 0 Å². The van der Waals surface area contributed by atoms with E-state index in [1.54, 1.807) is 0 Å². The standard InChI is InChI=1S/C14H23NO3/c1-10(2)13(14(16)17-4)9-15-8-7-12-6-5-11(3)18-12/h5-6,10,13,15H,7-9H2,1-4H3. The summed E-state index contributed by atoms with van der Waals surface area (Å²) in [5.41, 5.74) is 0. The fourth-order valence-electron chi connectivity index (χ4n) is 1.83. The van der Waals surface area contributed by atoms with E-state index in [2.05, 4.69) is 5.32 Å². The highest BCUT2D eigenvalue weighted by Crippen LogP contribution is 2.11. The Balaban J connectivity index is 2.29. The van der Waals surface area contributed by atoms with E-state index in [1.807, 2.05) is 32.9 Å². The lowest BCUT2D eigenvalue weighted by atomic mass is 9.96. The van der Waals surface area contributed by atoms with Gasteiger partial charge in [0.15, 0.2) is 0 Å². The lowest BCUT2D eigenvalue weighted by Gasteiger charge is -2.18. The first-order valence-electron chi connectivity index (χ1n) is 6.38. The maximum absolute atomic E-state index is 11.5. The van der Waals surface area contributed by atoms with Gasteiger partial charge in [-0.15, -0.1) is 0 Å². The van der Waals surface area contributed by atoms with Gasteiger partial charge in [0.05, 0.1) is 13.0 Å². The molecule has 0 aliphatic heterocycles. The van der Waals surface area contributed by atoms with Crippen LogP contribution in [0.1, 0.15) is 25.4 Å². The third kappa shape index (κ3) is 4.53. The number of hydrogen-bond acceptors (Lipinski definition) is 4. The molecule has 102 valence electrons. The van der Waals surface area contributed by atoms with Crippen LogP contribution in [0.4, 0.5) is 0 Å². The molecule has 1 N–H and O–H groups in total. The summed E-state index contributed by atoms with van der Waals surface area (Å²) < 4.78 is 10.3. The van der Waals surface area contributed by atoms with Crippen LogP contribution in [-0.2, 0) is 16.0 Å². The number of carbonyl (C=O) groups is 1. The van der Waals surface area contributed by atoms with Crippen molar-refractivity contribution < 1.29 is 13.9 Å². The fourth-order valence-corrected chi connectivity index (χ4v) is 1.83. The van der Waals surface area contributed by atoms with E-state index < -0.39 is 0 Å². The summed E-state index contributed by atoms with van der Waals surface area (Å²) in [5, 5.41) is 3.28. The molecule has 1 rings (SSSR count). The smallest absolute Gasteiger partial charge is 0.310 e. The van der Waals surface area contributed by atoms with E-state index in [4.69, 9.17) is 9.15 Å². The minimum absolute atomic E-state index is 0.0895. The van der Waals surface area contributed by atoms with Gasteiger partial charge >= 0.3 is 5.97 Å². The maximum atomic E-state index is 11.5. The molecule has 0 aliphatic carbocycles. The number of hydrogen-bond donors (Lipinski definition) is 1. The molecule has 0 fully saturated rings. The summed E-state index contributed by atoms with van der Waals surface area (Å²) in [6.45, 7) is 7.43. The van der Waals surface area contributed by atoms with E-state index in [0.717, 1.165) is 24.5 Å². The molecule has 0 saturated heterocycles. The zero-order chi connectivity index (χ0) is 13.5. The zero-order valence-electron chi connectivity index (χ0n) is 11.7. The van der Waals surface area contributed by atoms with Gasteiger partial charge in [0.25, 0.3) is 0 Å². The van der Waals surface area contributed by atoms with Crippen molar-refractivity contribution in [3.63, 3.8) is 0 Å². The largest absolute Gasteiger partial charge is 0.469 e. The molecule has 1 aromatic heterocycles. The molecule has 0 amide bonds. The number of furan rings is 1. The highest BCUT2D eigenvalue weighted by molar-refractivity contribution is 5.72. The van der Waals surface area contributed by atoms with Crippen LogP contribution in [0, 0.1) is 18.8 Å². The Kier molecular flexibility index (Phi) is 5.92. The Morgan fingerprint density at radius 1 is 1.44 bits per heavy atom. The van der Waals surface area contributed by atoms with Gasteiger partial charge in [-0.1, -0.05) is 13.8 Å². The third-order valence-corrected chi connectivity index (χ3v) is 3.02. The Morgan fingerprint density at radius 2 is 2.17 bits per heavy atom. The molecule has 0 radical (unpaired) electrons. The number of carbonyl (C=O) groups excluding carboxylic acids is 1. The fraction of sp³-hybridized carbons (Fsp3) is 0.643. The summed E-state index contributed by atoms with van der Waals surface area (Å²) in [6, 6.07) is 3.94. The molecule has 1 atom stereocenters. The molecule has 0 bridgehead atoms. The molecule has 0 aromatic carbocycles. The summed E-state index contributed by atoms with van der Waals surface area (Å²) >= 11 is 0. The van der Waals surface area contributed by atoms with Crippen molar-refractivity contribution in [3.8, 4) is 0 Å². The summed E-state index contributed by atoms with van der Waals surface area (Å²) in [7, 11) is 1.43. The Morgan fingerprint density at radius 3 is 2.67 bits per heavy atom. The molecule has 18 heavy (non-hydrogen) atoms. The van der Waals surface area contributed by atoms with Gasteiger partial charge < -0.3 is 14.5 Å². The number of nitrogens with one attached hydrogen (secondary N) is 1. The molecule has 0 spiro atoms. The van der Waals surface area contributed by atoms with E-state index in [0.29, 0.717) is 6.54 Å². The van der Waals surface area contributed by atoms with Gasteiger partial charge in [-0.3, -0.25) is 4.79 Å². The van der Waals surface area contributed by atoms with Gasteiger partial charge in [0.2, 0.25) is 0 Å². The molecule has 0 aliphatic rings. The van der Waals surface area contributed by atoms with Crippen LogP contribution in [0.25, 0.3) is 0 Å². The first kappa shape index (κ1) is 14.8. The van der Waals surface area contributed by atoms with Gasteiger partial charge in [-0.2, -0.15) is 0 Å². The quantitative estimate of drug-likeness (QED) is 0.597. The summed E-state index contributed by atoms with van der Waals surface area (Å²) in [5.74, 6) is 1.94. The van der Waals surface area contributed by atoms with Crippen LogP contribution in [0.5, 0.6) is 0 Å². The lowest BCUT2D eigenvalue weighted by molar-refractivity contribution is -0.146. The van der Waals surface area contributed by atoms with Crippen LogP contribution in [-0.4, -0.2) is 26.2 Å². The van der Waals surface area contributed by atoms with E-state index >= 15 is 0 Å². The number of esters is 1. The predicted molar refractivity (Wildman–Crippen MR) is 70.4 cm³/mol. The van der Waals surface area contributed by atoms with Crippen molar-refractivity contribution in [1.82, 2.24) is 5.32 Å². The Labute approximate surface area is 109 Å². The number of methoxy groups -OCH3 is 1. The summed E-state index contributed by atoms with van der Waals surface area (Å²) in [4.78, 5) is 11.5. The first-order chi connectivity index (χ1) is 8.54. The lowest BCUT2D eigenvalue weighted by Crippen LogP contribution is -2.33. The van der Waals surface area contributed by atoms with Crippen molar-refractivity contribution in [3.05, 3.63) is 23.7 Å². The second-order valence-electron chi connectivity index (χ2n) is 4.84. The Bertz CT molecular complexity index is 371. The average molecular weight is 253 g/mol. The van der Waals surface area contributed by atoms with Crippen LogP contribution < -0.4 is 5.32 Å². The van der Waals surface area contributed by atoms with Crippen molar-refractivity contribution in [1.29, 1.82) is 0 Å². The third-order valence-electron chi connectivity index (χ3n) is 3.02. The molecule has 0 saturated carbocycles. The van der Waals surface area contributed by atoms with Crippen molar-refractivity contribution in [2.75, 3.05) is 20.2 Å². The van der Waals surface area contributed by atoms with Gasteiger partial charge in [0.1, 0.15) is 11.5 Å². The predicted octanol–water partition coefficient (Wildman–Crippen LogP) is 2.17. The topological polar surface area (TPSA) is 51.5 Å². The van der Waals surface area contributed by atoms with Gasteiger partial charge in [0, 0.05) is 19.5 Å². The molecule has 4 heteroatoms. The van der Waals surface area contributed by atoms with Crippen LogP contribution in [0.2, 0.25) is 0 Å². The highest BCUT2D eigenvalue weighted by Gasteiger charge is 2.22. The summed E-state index contributed by atoms with van der Waals surface area (Å²) in [6.07, 6.45) is 0.833. The number of aryl methyl sites for hydroxylation is 1. The minimum atomic E-state index is -0.147. The second kappa shape index (κ2) is 7.21. The molecule has 1 heterocycles.